The average molecular weight is 200 g/mol. The molecule has 2 aliphatic carbocycles. The van der Waals surface area contributed by atoms with E-state index in [1.54, 1.807) is 0 Å². The second-order valence-electron chi connectivity index (χ2n) is 5.02. The summed E-state index contributed by atoms with van der Waals surface area (Å²) in [6.45, 7) is 2.12. The highest BCUT2D eigenvalue weighted by molar-refractivity contribution is 5.96. The highest BCUT2D eigenvalue weighted by Crippen LogP contribution is 2.48. The molecule has 1 heteroatoms. The maximum Gasteiger partial charge on any atom is 0.143 e. The Hall–Kier alpha value is -1.11. The van der Waals surface area contributed by atoms with Crippen LogP contribution in [0.1, 0.15) is 42.4 Å². The van der Waals surface area contributed by atoms with E-state index < -0.39 is 0 Å². The summed E-state index contributed by atoms with van der Waals surface area (Å²) in [6, 6.07) is 6.63. The maximum absolute atomic E-state index is 11.9. The van der Waals surface area contributed by atoms with E-state index in [9.17, 15) is 4.79 Å². The molecule has 0 aliphatic heterocycles. The zero-order valence-corrected chi connectivity index (χ0v) is 9.18. The third-order valence-corrected chi connectivity index (χ3v) is 4.14. The summed E-state index contributed by atoms with van der Waals surface area (Å²) in [6.07, 6.45) is 5.31. The first kappa shape index (κ1) is 9.14. The maximum atomic E-state index is 11.9. The van der Waals surface area contributed by atoms with Gasteiger partial charge in [0.05, 0.1) is 5.41 Å². The van der Waals surface area contributed by atoms with Gasteiger partial charge in [-0.1, -0.05) is 23.8 Å². The third-order valence-electron chi connectivity index (χ3n) is 4.14. The molecule has 0 saturated heterocycles. The second-order valence-corrected chi connectivity index (χ2v) is 5.02. The molecule has 0 bridgehead atoms. The lowest BCUT2D eigenvalue weighted by molar-refractivity contribution is -0.132. The monoisotopic (exact) mass is 200 g/mol. The zero-order valence-electron chi connectivity index (χ0n) is 9.18. The number of Topliss-reactive ketones (excluding diaryl/α,β-unsaturated/α-hetero) is 1. The van der Waals surface area contributed by atoms with Crippen LogP contribution in [0.4, 0.5) is 0 Å². The summed E-state index contributed by atoms with van der Waals surface area (Å²) in [4.78, 5) is 11.9. The van der Waals surface area contributed by atoms with E-state index in [-0.39, 0.29) is 5.41 Å². The first-order valence-corrected chi connectivity index (χ1v) is 5.86. The Balaban J connectivity index is 2.17. The van der Waals surface area contributed by atoms with Gasteiger partial charge in [0.15, 0.2) is 0 Å². The molecule has 78 valence electrons. The van der Waals surface area contributed by atoms with Crippen LogP contribution in [0.2, 0.25) is 0 Å². The molecule has 0 aromatic heterocycles. The predicted molar refractivity (Wildman–Crippen MR) is 60.0 cm³/mol. The quantitative estimate of drug-likeness (QED) is 0.629. The van der Waals surface area contributed by atoms with Gasteiger partial charge in [0.2, 0.25) is 0 Å². The Morgan fingerprint density at radius 1 is 1.20 bits per heavy atom. The van der Waals surface area contributed by atoms with Crippen LogP contribution in [0.3, 0.4) is 0 Å². The summed E-state index contributed by atoms with van der Waals surface area (Å²) < 4.78 is 0. The third kappa shape index (κ3) is 1.12. The molecule has 1 spiro atoms. The summed E-state index contributed by atoms with van der Waals surface area (Å²) >= 11 is 0. The van der Waals surface area contributed by atoms with Crippen molar-refractivity contribution in [1.29, 1.82) is 0 Å². The van der Waals surface area contributed by atoms with Gasteiger partial charge >= 0.3 is 0 Å². The van der Waals surface area contributed by atoms with Crippen LogP contribution in [0.15, 0.2) is 18.2 Å². The van der Waals surface area contributed by atoms with Gasteiger partial charge in [-0.15, -0.1) is 0 Å². The van der Waals surface area contributed by atoms with Gasteiger partial charge in [0.25, 0.3) is 0 Å². The Morgan fingerprint density at radius 3 is 2.73 bits per heavy atom. The molecular formula is C14H16O. The van der Waals surface area contributed by atoms with Crippen molar-refractivity contribution in [3.05, 3.63) is 34.9 Å². The average Bonchev–Trinajstić information content (AvgIpc) is 2.26. The van der Waals surface area contributed by atoms with Gasteiger partial charge in [-0.3, -0.25) is 4.79 Å². The predicted octanol–water partition coefficient (Wildman–Crippen LogP) is 2.93. The van der Waals surface area contributed by atoms with E-state index >= 15 is 0 Å². The standard InChI is InChI=1S/C14H16O/c1-10-4-5-11-3-2-7-14(12(11)9-10)8-6-13(14)15/h4-5,9H,2-3,6-8H2,1H3/t14-/m1/s1. The first-order valence-electron chi connectivity index (χ1n) is 5.86. The van der Waals surface area contributed by atoms with Gasteiger partial charge in [0.1, 0.15) is 5.78 Å². The number of hydrogen-bond acceptors (Lipinski definition) is 1. The van der Waals surface area contributed by atoms with Crippen LogP contribution < -0.4 is 0 Å². The van der Waals surface area contributed by atoms with Crippen LogP contribution in [0.25, 0.3) is 0 Å². The summed E-state index contributed by atoms with van der Waals surface area (Å²) in [5.41, 5.74) is 4.00. The van der Waals surface area contributed by atoms with Gasteiger partial charge in [0, 0.05) is 6.42 Å². The fourth-order valence-corrected chi connectivity index (χ4v) is 3.15. The van der Waals surface area contributed by atoms with Gasteiger partial charge in [-0.2, -0.15) is 0 Å². The number of carbonyl (C=O) groups excluding carboxylic acids is 1. The van der Waals surface area contributed by atoms with Crippen LogP contribution >= 0.6 is 0 Å². The minimum atomic E-state index is -0.0559. The number of rotatable bonds is 0. The molecule has 1 aromatic carbocycles. The topological polar surface area (TPSA) is 17.1 Å². The first-order chi connectivity index (χ1) is 7.22. The van der Waals surface area contributed by atoms with Gasteiger partial charge in [-0.25, -0.2) is 0 Å². The molecule has 1 aromatic rings. The van der Waals surface area contributed by atoms with Crippen LogP contribution in [0, 0.1) is 6.92 Å². The van der Waals surface area contributed by atoms with Crippen molar-refractivity contribution in [3.63, 3.8) is 0 Å². The van der Waals surface area contributed by atoms with Crippen molar-refractivity contribution in [1.82, 2.24) is 0 Å². The van der Waals surface area contributed by atoms with Crippen molar-refractivity contribution in [2.24, 2.45) is 0 Å². The van der Waals surface area contributed by atoms with Crippen LogP contribution in [-0.4, -0.2) is 5.78 Å². The highest BCUT2D eigenvalue weighted by Gasteiger charge is 2.49. The van der Waals surface area contributed by atoms with E-state index in [4.69, 9.17) is 0 Å². The molecule has 1 saturated carbocycles. The molecule has 1 atom stereocenters. The molecule has 1 fully saturated rings. The molecule has 1 nitrogen and oxygen atoms in total. The fraction of sp³-hybridized carbons (Fsp3) is 0.500. The molecular weight excluding hydrogens is 184 g/mol. The minimum absolute atomic E-state index is 0.0559. The smallest absolute Gasteiger partial charge is 0.143 e. The van der Waals surface area contributed by atoms with Crippen molar-refractivity contribution in [2.75, 3.05) is 0 Å². The fourth-order valence-electron chi connectivity index (χ4n) is 3.15. The van der Waals surface area contributed by atoms with E-state index in [1.807, 2.05) is 0 Å². The van der Waals surface area contributed by atoms with Gasteiger partial charge < -0.3 is 0 Å². The van der Waals surface area contributed by atoms with Crippen molar-refractivity contribution in [2.45, 2.75) is 44.4 Å². The summed E-state index contributed by atoms with van der Waals surface area (Å²) in [7, 11) is 0. The van der Waals surface area contributed by atoms with E-state index in [2.05, 4.69) is 25.1 Å². The minimum Gasteiger partial charge on any atom is -0.299 e. The normalized spacial score (nSPS) is 28.7. The molecule has 0 radical (unpaired) electrons. The lowest BCUT2D eigenvalue weighted by atomic mass is 9.57. The number of ketones is 1. The Bertz CT molecular complexity index is 433. The van der Waals surface area contributed by atoms with Gasteiger partial charge in [-0.05, 0) is 43.7 Å². The Morgan fingerprint density at radius 2 is 2.07 bits per heavy atom. The molecule has 0 unspecified atom stereocenters. The lowest BCUT2D eigenvalue weighted by Crippen LogP contribution is -2.47. The van der Waals surface area contributed by atoms with Crippen LogP contribution in [-0.2, 0) is 16.6 Å². The molecule has 15 heavy (non-hydrogen) atoms. The number of benzene rings is 1. The van der Waals surface area contributed by atoms with Crippen molar-refractivity contribution >= 4 is 5.78 Å². The summed E-state index contributed by atoms with van der Waals surface area (Å²) in [5.74, 6) is 0.481. The number of aryl methyl sites for hydroxylation is 2. The number of carbonyl (C=O) groups is 1. The van der Waals surface area contributed by atoms with Crippen molar-refractivity contribution in [3.8, 4) is 0 Å². The van der Waals surface area contributed by atoms with Crippen molar-refractivity contribution < 1.29 is 4.79 Å². The number of fused-ring (bicyclic) bond motifs is 2. The molecule has 0 amide bonds. The molecule has 2 aliphatic rings. The van der Waals surface area contributed by atoms with Crippen LogP contribution in [0.5, 0.6) is 0 Å². The Labute approximate surface area is 90.5 Å². The highest BCUT2D eigenvalue weighted by atomic mass is 16.1. The van der Waals surface area contributed by atoms with E-state index in [0.29, 0.717) is 5.78 Å². The largest absolute Gasteiger partial charge is 0.299 e. The number of hydrogen-bond donors (Lipinski definition) is 0. The van der Waals surface area contributed by atoms with E-state index in [0.717, 1.165) is 25.7 Å². The Kier molecular flexibility index (Phi) is 1.79. The second kappa shape index (κ2) is 2.94. The molecule has 0 heterocycles. The molecule has 3 rings (SSSR count). The lowest BCUT2D eigenvalue weighted by Gasteiger charge is -2.44. The SMILES string of the molecule is Cc1ccc2c(c1)[C@@]1(CCC2)CCC1=O. The molecule has 0 N–H and O–H groups in total. The zero-order chi connectivity index (χ0) is 10.5. The van der Waals surface area contributed by atoms with E-state index in [1.165, 1.54) is 23.1 Å². The summed E-state index contributed by atoms with van der Waals surface area (Å²) in [5, 5.41) is 0.